The number of hydrogen-bond donors (Lipinski definition) is 0. The standard InChI is InChI=1S/C15H13N3O3/c1-9-4-11(13(8-17-9)15(19)21-3)12-5-10(6-16)7-18-14(12)20-2/h4-5,7-8H,1-3H3. The Morgan fingerprint density at radius 3 is 2.57 bits per heavy atom. The van der Waals surface area contributed by atoms with E-state index in [2.05, 4.69) is 9.97 Å². The molecule has 0 spiro atoms. The Labute approximate surface area is 122 Å². The highest BCUT2D eigenvalue weighted by Crippen LogP contribution is 2.32. The van der Waals surface area contributed by atoms with E-state index in [0.29, 0.717) is 28.1 Å². The SMILES string of the molecule is COC(=O)c1cnc(C)cc1-c1cc(C#N)cnc1OC. The Morgan fingerprint density at radius 1 is 1.19 bits per heavy atom. The Hall–Kier alpha value is -2.94. The van der Waals surface area contributed by atoms with Gasteiger partial charge in [0, 0.05) is 29.2 Å². The third-order valence-corrected chi connectivity index (χ3v) is 2.91. The molecule has 0 atom stereocenters. The van der Waals surface area contributed by atoms with Crippen molar-refractivity contribution in [3.8, 4) is 23.1 Å². The first-order valence-corrected chi connectivity index (χ1v) is 6.10. The second-order valence-corrected chi connectivity index (χ2v) is 4.26. The number of carbonyl (C=O) groups is 1. The largest absolute Gasteiger partial charge is 0.481 e. The molecule has 6 nitrogen and oxygen atoms in total. The van der Waals surface area contributed by atoms with Gasteiger partial charge >= 0.3 is 5.97 Å². The van der Waals surface area contributed by atoms with Gasteiger partial charge in [-0.2, -0.15) is 5.26 Å². The van der Waals surface area contributed by atoms with Crippen molar-refractivity contribution in [2.45, 2.75) is 6.92 Å². The fourth-order valence-electron chi connectivity index (χ4n) is 1.92. The molecule has 6 heteroatoms. The van der Waals surface area contributed by atoms with Crippen LogP contribution < -0.4 is 4.74 Å². The summed E-state index contributed by atoms with van der Waals surface area (Å²) in [6, 6.07) is 5.36. The van der Waals surface area contributed by atoms with E-state index in [0.717, 1.165) is 5.69 Å². The maximum Gasteiger partial charge on any atom is 0.340 e. The van der Waals surface area contributed by atoms with E-state index in [1.54, 1.807) is 19.1 Å². The minimum absolute atomic E-state index is 0.290. The molecule has 2 aromatic rings. The molecular formula is C15H13N3O3. The van der Waals surface area contributed by atoms with Crippen LogP contribution in [0.25, 0.3) is 11.1 Å². The Kier molecular flexibility index (Phi) is 4.14. The van der Waals surface area contributed by atoms with Gasteiger partial charge in [0.2, 0.25) is 5.88 Å². The van der Waals surface area contributed by atoms with Gasteiger partial charge < -0.3 is 9.47 Å². The van der Waals surface area contributed by atoms with Crippen molar-refractivity contribution < 1.29 is 14.3 Å². The van der Waals surface area contributed by atoms with Gasteiger partial charge in [0.15, 0.2) is 0 Å². The topological polar surface area (TPSA) is 85.1 Å². The molecule has 0 saturated carbocycles. The number of carbonyl (C=O) groups excluding carboxylic acids is 1. The molecule has 0 amide bonds. The lowest BCUT2D eigenvalue weighted by Gasteiger charge is -2.12. The smallest absolute Gasteiger partial charge is 0.340 e. The van der Waals surface area contributed by atoms with Crippen LogP contribution in [0.15, 0.2) is 24.5 Å². The molecule has 0 aliphatic heterocycles. The number of aryl methyl sites for hydroxylation is 1. The number of hydrogen-bond acceptors (Lipinski definition) is 6. The summed E-state index contributed by atoms with van der Waals surface area (Å²) in [4.78, 5) is 20.1. The summed E-state index contributed by atoms with van der Waals surface area (Å²) in [7, 11) is 2.77. The van der Waals surface area contributed by atoms with E-state index in [4.69, 9.17) is 14.7 Å². The fraction of sp³-hybridized carbons (Fsp3) is 0.200. The molecule has 0 N–H and O–H groups in total. The first-order valence-electron chi connectivity index (χ1n) is 6.10. The van der Waals surface area contributed by atoms with Crippen LogP contribution in [0.3, 0.4) is 0 Å². The lowest BCUT2D eigenvalue weighted by molar-refractivity contribution is 0.0601. The minimum Gasteiger partial charge on any atom is -0.481 e. The number of ether oxygens (including phenoxy) is 2. The predicted molar refractivity (Wildman–Crippen MR) is 74.8 cm³/mol. The summed E-state index contributed by atoms with van der Waals surface area (Å²) < 4.78 is 9.98. The normalized spacial score (nSPS) is 9.81. The van der Waals surface area contributed by atoms with Crippen molar-refractivity contribution >= 4 is 5.97 Å². The van der Waals surface area contributed by atoms with E-state index >= 15 is 0 Å². The van der Waals surface area contributed by atoms with Crippen molar-refractivity contribution in [1.82, 2.24) is 9.97 Å². The van der Waals surface area contributed by atoms with E-state index in [1.165, 1.54) is 26.6 Å². The van der Waals surface area contributed by atoms with Crippen LogP contribution in [0.5, 0.6) is 5.88 Å². The summed E-state index contributed by atoms with van der Waals surface area (Å²) in [5.41, 5.74) is 2.50. The van der Waals surface area contributed by atoms with Crippen LogP contribution in [0.2, 0.25) is 0 Å². The number of methoxy groups -OCH3 is 2. The third-order valence-electron chi connectivity index (χ3n) is 2.91. The maximum atomic E-state index is 11.9. The number of aromatic nitrogens is 2. The molecule has 2 rings (SSSR count). The first-order chi connectivity index (χ1) is 10.1. The van der Waals surface area contributed by atoms with Crippen molar-refractivity contribution in [1.29, 1.82) is 5.26 Å². The van der Waals surface area contributed by atoms with Crippen molar-refractivity contribution in [2.24, 2.45) is 0 Å². The highest BCUT2D eigenvalue weighted by atomic mass is 16.5. The first kappa shape index (κ1) is 14.5. The zero-order valence-corrected chi connectivity index (χ0v) is 11.9. The van der Waals surface area contributed by atoms with Gasteiger partial charge in [0.05, 0.1) is 25.3 Å². The molecule has 0 aliphatic carbocycles. The molecule has 106 valence electrons. The maximum absolute atomic E-state index is 11.9. The van der Waals surface area contributed by atoms with Gasteiger partial charge in [-0.3, -0.25) is 4.98 Å². The number of rotatable bonds is 3. The van der Waals surface area contributed by atoms with Gasteiger partial charge in [-0.15, -0.1) is 0 Å². The minimum atomic E-state index is -0.512. The Balaban J connectivity index is 2.74. The molecule has 2 heterocycles. The zero-order chi connectivity index (χ0) is 15.4. The number of esters is 1. The molecule has 21 heavy (non-hydrogen) atoms. The molecule has 0 fully saturated rings. The van der Waals surface area contributed by atoms with Crippen molar-refractivity contribution in [3.05, 3.63) is 41.3 Å². The van der Waals surface area contributed by atoms with E-state index in [-0.39, 0.29) is 0 Å². The number of nitriles is 1. The lowest BCUT2D eigenvalue weighted by Crippen LogP contribution is -2.06. The number of pyridine rings is 2. The zero-order valence-electron chi connectivity index (χ0n) is 11.9. The Bertz CT molecular complexity index is 735. The van der Waals surface area contributed by atoms with E-state index in [9.17, 15) is 4.79 Å². The summed E-state index contributed by atoms with van der Waals surface area (Å²) in [6.45, 7) is 1.80. The van der Waals surface area contributed by atoms with Crippen LogP contribution in [0.1, 0.15) is 21.6 Å². The highest BCUT2D eigenvalue weighted by molar-refractivity contribution is 5.97. The van der Waals surface area contributed by atoms with Gasteiger partial charge in [0.1, 0.15) is 6.07 Å². The van der Waals surface area contributed by atoms with Gasteiger partial charge in [0.25, 0.3) is 0 Å². The van der Waals surface area contributed by atoms with E-state index in [1.807, 2.05) is 6.07 Å². The van der Waals surface area contributed by atoms with Gasteiger partial charge in [-0.1, -0.05) is 0 Å². The van der Waals surface area contributed by atoms with Crippen LogP contribution in [-0.2, 0) is 4.74 Å². The van der Waals surface area contributed by atoms with Crippen molar-refractivity contribution in [2.75, 3.05) is 14.2 Å². The monoisotopic (exact) mass is 283 g/mol. The average molecular weight is 283 g/mol. The van der Waals surface area contributed by atoms with E-state index < -0.39 is 5.97 Å². The summed E-state index contributed by atoms with van der Waals surface area (Å²) in [5.74, 6) is -0.188. The van der Waals surface area contributed by atoms with Crippen LogP contribution in [0, 0.1) is 18.3 Å². The molecule has 0 aliphatic rings. The third kappa shape index (κ3) is 2.82. The van der Waals surface area contributed by atoms with Crippen molar-refractivity contribution in [3.63, 3.8) is 0 Å². The quantitative estimate of drug-likeness (QED) is 0.802. The lowest BCUT2D eigenvalue weighted by atomic mass is 10.0. The molecule has 0 aromatic carbocycles. The Morgan fingerprint density at radius 2 is 1.95 bits per heavy atom. The average Bonchev–Trinajstić information content (AvgIpc) is 2.53. The molecular weight excluding hydrogens is 270 g/mol. The highest BCUT2D eigenvalue weighted by Gasteiger charge is 2.18. The fourth-order valence-corrected chi connectivity index (χ4v) is 1.92. The second-order valence-electron chi connectivity index (χ2n) is 4.26. The van der Waals surface area contributed by atoms with Crippen LogP contribution in [-0.4, -0.2) is 30.2 Å². The summed E-state index contributed by atoms with van der Waals surface area (Å²) >= 11 is 0. The van der Waals surface area contributed by atoms with Crippen LogP contribution in [0.4, 0.5) is 0 Å². The molecule has 0 saturated heterocycles. The van der Waals surface area contributed by atoms with Gasteiger partial charge in [-0.05, 0) is 19.1 Å². The molecule has 0 unspecified atom stereocenters. The number of nitrogens with zero attached hydrogens (tertiary/aromatic N) is 3. The summed E-state index contributed by atoms with van der Waals surface area (Å²) in [6.07, 6.45) is 2.85. The molecule has 0 radical (unpaired) electrons. The molecule has 0 bridgehead atoms. The second kappa shape index (κ2) is 6.01. The van der Waals surface area contributed by atoms with Crippen LogP contribution >= 0.6 is 0 Å². The summed E-state index contributed by atoms with van der Waals surface area (Å²) in [5, 5.41) is 9.02. The van der Waals surface area contributed by atoms with Gasteiger partial charge in [-0.25, -0.2) is 9.78 Å². The predicted octanol–water partition coefficient (Wildman–Crippen LogP) is 2.12. The molecule has 2 aromatic heterocycles.